The first-order valence-corrected chi connectivity index (χ1v) is 11.1. The Morgan fingerprint density at radius 1 is 1.00 bits per heavy atom. The number of methoxy groups -OCH3 is 1. The molecule has 4 rings (SSSR count). The van der Waals surface area contributed by atoms with E-state index in [9.17, 15) is 9.18 Å². The minimum absolute atomic E-state index is 0.192. The van der Waals surface area contributed by atoms with Crippen molar-refractivity contribution in [1.29, 1.82) is 0 Å². The van der Waals surface area contributed by atoms with E-state index in [0.717, 1.165) is 43.8 Å². The van der Waals surface area contributed by atoms with Crippen LogP contribution in [0.3, 0.4) is 0 Å². The van der Waals surface area contributed by atoms with Gasteiger partial charge in [-0.25, -0.2) is 4.39 Å². The monoisotopic (exact) mass is 432 g/mol. The van der Waals surface area contributed by atoms with Crippen LogP contribution in [-0.2, 0) is 13.1 Å². The van der Waals surface area contributed by atoms with Crippen LogP contribution in [0.25, 0.3) is 0 Å². The minimum atomic E-state index is -0.343. The first kappa shape index (κ1) is 22.0. The Morgan fingerprint density at radius 3 is 2.41 bits per heavy atom. The third-order valence-electron chi connectivity index (χ3n) is 6.13. The number of halogens is 1. The van der Waals surface area contributed by atoms with Crippen LogP contribution in [0, 0.1) is 5.82 Å². The lowest BCUT2D eigenvalue weighted by Gasteiger charge is -2.32. The molecule has 1 aliphatic rings. The van der Waals surface area contributed by atoms with Crippen molar-refractivity contribution in [3.63, 3.8) is 0 Å². The quantitative estimate of drug-likeness (QED) is 0.562. The van der Waals surface area contributed by atoms with Crippen molar-refractivity contribution in [1.82, 2.24) is 10.2 Å². The maximum Gasteiger partial charge on any atom is 0.251 e. The molecule has 1 heterocycles. The molecule has 4 nitrogen and oxygen atoms in total. The van der Waals surface area contributed by atoms with Gasteiger partial charge >= 0.3 is 0 Å². The fourth-order valence-electron chi connectivity index (χ4n) is 4.26. The van der Waals surface area contributed by atoms with Crippen LogP contribution >= 0.6 is 0 Å². The number of hydrogen-bond donors (Lipinski definition) is 1. The van der Waals surface area contributed by atoms with Gasteiger partial charge in [0.15, 0.2) is 0 Å². The molecule has 3 aromatic carbocycles. The summed E-state index contributed by atoms with van der Waals surface area (Å²) in [7, 11) is 1.69. The normalized spacial score (nSPS) is 14.8. The molecule has 0 spiro atoms. The fourth-order valence-corrected chi connectivity index (χ4v) is 4.26. The Hall–Kier alpha value is -3.18. The number of piperidine rings is 1. The van der Waals surface area contributed by atoms with Crippen molar-refractivity contribution in [2.75, 3.05) is 20.2 Å². The van der Waals surface area contributed by atoms with E-state index >= 15 is 0 Å². The summed E-state index contributed by atoms with van der Waals surface area (Å²) in [5, 5.41) is 2.93. The number of benzene rings is 3. The van der Waals surface area contributed by atoms with Crippen LogP contribution in [0.5, 0.6) is 5.75 Å². The third-order valence-corrected chi connectivity index (χ3v) is 6.13. The average Bonchev–Trinajstić information content (AvgIpc) is 2.84. The van der Waals surface area contributed by atoms with Gasteiger partial charge in [0.2, 0.25) is 0 Å². The van der Waals surface area contributed by atoms with Crippen LogP contribution in [0.15, 0.2) is 72.8 Å². The van der Waals surface area contributed by atoms with Gasteiger partial charge in [-0.15, -0.1) is 0 Å². The van der Waals surface area contributed by atoms with E-state index in [1.165, 1.54) is 35.4 Å². The molecule has 3 aromatic rings. The molecule has 0 aliphatic carbocycles. The van der Waals surface area contributed by atoms with Crippen molar-refractivity contribution in [2.24, 2.45) is 0 Å². The first-order valence-electron chi connectivity index (χ1n) is 11.1. The van der Waals surface area contributed by atoms with E-state index in [0.29, 0.717) is 18.0 Å². The van der Waals surface area contributed by atoms with Gasteiger partial charge in [-0.05, 0) is 84.9 Å². The van der Waals surface area contributed by atoms with Gasteiger partial charge < -0.3 is 10.1 Å². The molecule has 1 saturated heterocycles. The molecule has 1 fully saturated rings. The van der Waals surface area contributed by atoms with Crippen LogP contribution in [0.1, 0.15) is 45.8 Å². The van der Waals surface area contributed by atoms with Gasteiger partial charge in [-0.2, -0.15) is 0 Å². The molecule has 0 radical (unpaired) electrons. The smallest absolute Gasteiger partial charge is 0.251 e. The van der Waals surface area contributed by atoms with E-state index in [2.05, 4.69) is 40.5 Å². The van der Waals surface area contributed by atoms with Gasteiger partial charge in [0.25, 0.3) is 5.91 Å². The molecule has 1 N–H and O–H groups in total. The highest BCUT2D eigenvalue weighted by molar-refractivity contribution is 5.94. The number of amides is 1. The summed E-state index contributed by atoms with van der Waals surface area (Å²) in [4.78, 5) is 14.8. The highest BCUT2D eigenvalue weighted by atomic mass is 19.1. The fraction of sp³-hybridized carbons (Fsp3) is 0.296. The number of ether oxygens (including phenoxy) is 1. The van der Waals surface area contributed by atoms with Crippen molar-refractivity contribution in [2.45, 2.75) is 31.8 Å². The molecule has 32 heavy (non-hydrogen) atoms. The third kappa shape index (κ3) is 5.74. The molecule has 0 saturated carbocycles. The number of nitrogens with zero attached hydrogens (tertiary/aromatic N) is 1. The predicted octanol–water partition coefficient (Wildman–Crippen LogP) is 5.14. The van der Waals surface area contributed by atoms with Crippen LogP contribution in [-0.4, -0.2) is 31.0 Å². The van der Waals surface area contributed by atoms with Crippen molar-refractivity contribution in [3.05, 3.63) is 101 Å². The minimum Gasteiger partial charge on any atom is -0.497 e. The summed E-state index contributed by atoms with van der Waals surface area (Å²) in [5.41, 5.74) is 4.19. The van der Waals surface area contributed by atoms with E-state index in [1.54, 1.807) is 7.11 Å². The highest BCUT2D eigenvalue weighted by Crippen LogP contribution is 2.29. The Labute approximate surface area is 189 Å². The Morgan fingerprint density at radius 2 is 1.72 bits per heavy atom. The van der Waals surface area contributed by atoms with Crippen LogP contribution < -0.4 is 10.1 Å². The summed E-state index contributed by atoms with van der Waals surface area (Å²) in [6.07, 6.45) is 2.25. The largest absolute Gasteiger partial charge is 0.497 e. The summed E-state index contributed by atoms with van der Waals surface area (Å²) >= 11 is 0. The van der Waals surface area contributed by atoms with Crippen LogP contribution in [0.2, 0.25) is 0 Å². The first-order chi connectivity index (χ1) is 15.6. The second kappa shape index (κ2) is 10.4. The molecule has 5 heteroatoms. The summed E-state index contributed by atoms with van der Waals surface area (Å²) in [6, 6.07) is 22.4. The van der Waals surface area contributed by atoms with Gasteiger partial charge in [-0.1, -0.05) is 36.4 Å². The second-order valence-electron chi connectivity index (χ2n) is 8.33. The zero-order valence-corrected chi connectivity index (χ0v) is 18.4. The maximum absolute atomic E-state index is 13.0. The van der Waals surface area contributed by atoms with Gasteiger partial charge in [0.05, 0.1) is 7.11 Å². The van der Waals surface area contributed by atoms with Gasteiger partial charge in [0.1, 0.15) is 11.6 Å². The molecule has 0 unspecified atom stereocenters. The number of nitrogens with one attached hydrogen (secondary N) is 1. The van der Waals surface area contributed by atoms with Crippen molar-refractivity contribution in [3.8, 4) is 5.75 Å². The average molecular weight is 433 g/mol. The summed E-state index contributed by atoms with van der Waals surface area (Å²) in [6.45, 7) is 3.57. The van der Waals surface area contributed by atoms with Crippen molar-refractivity contribution < 1.29 is 13.9 Å². The van der Waals surface area contributed by atoms with E-state index < -0.39 is 0 Å². The number of hydrogen-bond acceptors (Lipinski definition) is 3. The molecule has 1 amide bonds. The maximum atomic E-state index is 13.0. The molecule has 0 atom stereocenters. The molecule has 166 valence electrons. The van der Waals surface area contributed by atoms with Gasteiger partial charge in [-0.3, -0.25) is 9.69 Å². The van der Waals surface area contributed by atoms with E-state index in [4.69, 9.17) is 4.74 Å². The zero-order chi connectivity index (χ0) is 22.3. The molecule has 0 bridgehead atoms. The summed E-state index contributed by atoms with van der Waals surface area (Å²) in [5.74, 6) is 0.891. The number of carbonyl (C=O) groups is 1. The number of likely N-dealkylation sites (tertiary alicyclic amines) is 1. The lowest BCUT2D eigenvalue weighted by molar-refractivity contribution is 0.0951. The highest BCUT2D eigenvalue weighted by Gasteiger charge is 2.21. The van der Waals surface area contributed by atoms with Gasteiger partial charge in [0, 0.05) is 18.7 Å². The molecular formula is C27H29FN2O2. The number of rotatable bonds is 7. The Kier molecular flexibility index (Phi) is 7.17. The Balaban J connectivity index is 1.28. The summed E-state index contributed by atoms with van der Waals surface area (Å²) < 4.78 is 18.3. The van der Waals surface area contributed by atoms with E-state index in [-0.39, 0.29) is 11.7 Å². The lowest BCUT2D eigenvalue weighted by Crippen LogP contribution is -2.32. The standard InChI is InChI=1S/C27H29FN2O2/c1-32-26-11-5-20(6-12-26)19-30-15-13-22(14-16-30)24-4-2-3-21(17-24)18-29-27(31)23-7-9-25(28)10-8-23/h2-12,17,22H,13-16,18-19H2,1H3,(H,29,31). The zero-order valence-electron chi connectivity index (χ0n) is 18.4. The molecule has 1 aliphatic heterocycles. The number of carbonyl (C=O) groups excluding carboxylic acids is 1. The predicted molar refractivity (Wildman–Crippen MR) is 124 cm³/mol. The molecule has 0 aromatic heterocycles. The SMILES string of the molecule is COc1ccc(CN2CCC(c3cccc(CNC(=O)c4ccc(F)cc4)c3)CC2)cc1. The Bertz CT molecular complexity index is 1030. The van der Waals surface area contributed by atoms with Crippen LogP contribution in [0.4, 0.5) is 4.39 Å². The lowest BCUT2D eigenvalue weighted by atomic mass is 9.88. The topological polar surface area (TPSA) is 41.6 Å². The second-order valence-corrected chi connectivity index (χ2v) is 8.33. The van der Waals surface area contributed by atoms with Crippen molar-refractivity contribution >= 4 is 5.91 Å². The van der Waals surface area contributed by atoms with E-state index in [1.807, 2.05) is 18.2 Å². The molecular weight excluding hydrogens is 403 g/mol.